The Morgan fingerprint density at radius 2 is 1.94 bits per heavy atom. The molecule has 0 radical (unpaired) electrons. The average Bonchev–Trinajstić information content (AvgIpc) is 3.18. The molecule has 0 bridgehead atoms. The maximum absolute atomic E-state index is 13.4. The molecular formula is C27H32FN3O2. The minimum atomic E-state index is -0.439. The number of hydrogen-bond donors (Lipinski definition) is 1. The van der Waals surface area contributed by atoms with E-state index in [2.05, 4.69) is 40.9 Å². The second kappa shape index (κ2) is 10.3. The van der Waals surface area contributed by atoms with E-state index < -0.39 is 5.76 Å². The van der Waals surface area contributed by atoms with Gasteiger partial charge in [-0.15, -0.1) is 0 Å². The summed E-state index contributed by atoms with van der Waals surface area (Å²) in [6.07, 6.45) is 6.54. The van der Waals surface area contributed by atoms with Crippen molar-refractivity contribution in [3.63, 3.8) is 0 Å². The normalized spacial score (nSPS) is 16.8. The summed E-state index contributed by atoms with van der Waals surface area (Å²) in [4.78, 5) is 19.1. The van der Waals surface area contributed by atoms with E-state index in [1.807, 2.05) is 37.3 Å². The van der Waals surface area contributed by atoms with Gasteiger partial charge < -0.3 is 9.32 Å². The predicted molar refractivity (Wildman–Crippen MR) is 132 cm³/mol. The minimum Gasteiger partial charge on any atom is -0.408 e. The Bertz CT molecular complexity index is 1200. The monoisotopic (exact) mass is 449 g/mol. The lowest BCUT2D eigenvalue weighted by Crippen LogP contribution is -2.44. The highest BCUT2D eigenvalue weighted by Gasteiger charge is 2.23. The molecule has 1 N–H and O–H groups in total. The van der Waals surface area contributed by atoms with E-state index in [4.69, 9.17) is 4.42 Å². The van der Waals surface area contributed by atoms with Gasteiger partial charge in [0.2, 0.25) is 0 Å². The number of aromatic nitrogens is 1. The molecule has 0 atom stereocenters. The van der Waals surface area contributed by atoms with Gasteiger partial charge in [0.05, 0.1) is 5.52 Å². The van der Waals surface area contributed by atoms with Crippen LogP contribution < -0.4 is 5.76 Å². The average molecular weight is 450 g/mol. The van der Waals surface area contributed by atoms with Gasteiger partial charge in [-0.25, -0.2) is 9.18 Å². The zero-order valence-electron chi connectivity index (χ0n) is 19.6. The molecule has 1 fully saturated rings. The predicted octanol–water partition coefficient (Wildman–Crippen LogP) is 5.21. The Morgan fingerprint density at radius 3 is 2.64 bits per heavy atom. The first-order valence-electron chi connectivity index (χ1n) is 11.5. The molecule has 2 aromatic carbocycles. The van der Waals surface area contributed by atoms with Crippen LogP contribution in [0, 0.1) is 5.82 Å². The van der Waals surface area contributed by atoms with Gasteiger partial charge in [0.1, 0.15) is 5.82 Å². The summed E-state index contributed by atoms with van der Waals surface area (Å²) in [6, 6.07) is 13.1. The molecule has 1 aliphatic rings. The van der Waals surface area contributed by atoms with Crippen molar-refractivity contribution >= 4 is 16.7 Å². The van der Waals surface area contributed by atoms with Crippen molar-refractivity contribution < 1.29 is 8.81 Å². The van der Waals surface area contributed by atoms with E-state index in [1.54, 1.807) is 0 Å². The number of nitrogens with one attached hydrogen (secondary N) is 1. The zero-order valence-corrected chi connectivity index (χ0v) is 19.6. The highest BCUT2D eigenvalue weighted by Crippen LogP contribution is 2.24. The molecule has 0 aliphatic carbocycles. The first-order valence-corrected chi connectivity index (χ1v) is 11.5. The Kier molecular flexibility index (Phi) is 7.26. The summed E-state index contributed by atoms with van der Waals surface area (Å²) >= 11 is 0. The Morgan fingerprint density at radius 1 is 1.21 bits per heavy atom. The van der Waals surface area contributed by atoms with Crippen LogP contribution in [-0.2, 0) is 6.54 Å². The third-order valence-corrected chi connectivity index (χ3v) is 6.42. The number of piperidine rings is 1. The Balaban J connectivity index is 1.54. The lowest BCUT2D eigenvalue weighted by atomic mass is 10.00. The lowest BCUT2D eigenvalue weighted by Gasteiger charge is -2.37. The van der Waals surface area contributed by atoms with Crippen molar-refractivity contribution in [2.75, 3.05) is 26.7 Å². The highest BCUT2D eigenvalue weighted by molar-refractivity contribution is 5.82. The van der Waals surface area contributed by atoms with Crippen LogP contribution in [-0.4, -0.2) is 47.5 Å². The number of nitrogens with zero attached hydrogens (tertiary/aromatic N) is 2. The fraction of sp³-hybridized carbons (Fsp3) is 0.370. The molecule has 2 heterocycles. The molecule has 5 nitrogen and oxygen atoms in total. The van der Waals surface area contributed by atoms with Crippen molar-refractivity contribution in [3.8, 4) is 0 Å². The van der Waals surface area contributed by atoms with Gasteiger partial charge >= 0.3 is 5.76 Å². The van der Waals surface area contributed by atoms with Crippen molar-refractivity contribution in [3.05, 3.63) is 87.7 Å². The molecule has 33 heavy (non-hydrogen) atoms. The van der Waals surface area contributed by atoms with Gasteiger partial charge in [0.25, 0.3) is 0 Å². The highest BCUT2D eigenvalue weighted by atomic mass is 19.1. The summed E-state index contributed by atoms with van der Waals surface area (Å²) in [5, 5.41) is 0. The van der Waals surface area contributed by atoms with Crippen LogP contribution in [0.2, 0.25) is 0 Å². The second-order valence-electron chi connectivity index (χ2n) is 9.03. The van der Waals surface area contributed by atoms with Crippen molar-refractivity contribution in [1.29, 1.82) is 0 Å². The first kappa shape index (κ1) is 23.2. The number of aromatic amines is 1. The zero-order chi connectivity index (χ0) is 23.4. The molecule has 0 amide bonds. The third kappa shape index (κ3) is 5.89. The van der Waals surface area contributed by atoms with E-state index in [1.165, 1.54) is 17.7 Å². The number of benzene rings is 2. The van der Waals surface area contributed by atoms with E-state index in [-0.39, 0.29) is 5.82 Å². The molecule has 0 spiro atoms. The molecule has 6 heteroatoms. The van der Waals surface area contributed by atoms with Crippen LogP contribution >= 0.6 is 0 Å². The molecule has 0 saturated carbocycles. The smallest absolute Gasteiger partial charge is 0.408 e. The lowest BCUT2D eigenvalue weighted by molar-refractivity contribution is 0.123. The van der Waals surface area contributed by atoms with Crippen LogP contribution in [0.4, 0.5) is 4.39 Å². The van der Waals surface area contributed by atoms with Gasteiger partial charge in [-0.05, 0) is 87.8 Å². The van der Waals surface area contributed by atoms with Crippen molar-refractivity contribution in [2.24, 2.45) is 0 Å². The van der Waals surface area contributed by atoms with Gasteiger partial charge in [-0.1, -0.05) is 35.9 Å². The maximum Gasteiger partial charge on any atom is 0.417 e. The topological polar surface area (TPSA) is 52.5 Å². The van der Waals surface area contributed by atoms with E-state index in [0.29, 0.717) is 17.1 Å². The van der Waals surface area contributed by atoms with Crippen LogP contribution in [0.3, 0.4) is 0 Å². The number of hydrogen-bond acceptors (Lipinski definition) is 4. The number of halogens is 1. The SMILES string of the molecule is C/C=C(\C=C(/C)CN(Cc1ccc(F)cc1)C1CCN(C)CC1)c1ccc2[nH]c(=O)oc2c1. The number of rotatable bonds is 7. The molecule has 174 valence electrons. The quantitative estimate of drug-likeness (QED) is 0.504. The molecule has 1 aliphatic heterocycles. The van der Waals surface area contributed by atoms with Gasteiger partial charge in [0.15, 0.2) is 5.58 Å². The Labute approximate surface area is 194 Å². The largest absolute Gasteiger partial charge is 0.417 e. The summed E-state index contributed by atoms with van der Waals surface area (Å²) < 4.78 is 18.7. The molecule has 1 saturated heterocycles. The summed E-state index contributed by atoms with van der Waals surface area (Å²) in [5.41, 5.74) is 5.74. The molecule has 0 unspecified atom stereocenters. The van der Waals surface area contributed by atoms with Gasteiger partial charge in [-0.2, -0.15) is 0 Å². The molecular weight excluding hydrogens is 417 g/mol. The third-order valence-electron chi connectivity index (χ3n) is 6.42. The summed E-state index contributed by atoms with van der Waals surface area (Å²) in [6.45, 7) is 8.00. The molecule has 4 rings (SSSR count). The number of oxazole rings is 1. The van der Waals surface area contributed by atoms with Crippen molar-refractivity contribution in [2.45, 2.75) is 39.3 Å². The fourth-order valence-corrected chi connectivity index (χ4v) is 4.59. The number of fused-ring (bicyclic) bond motifs is 1. The summed E-state index contributed by atoms with van der Waals surface area (Å²) in [5.74, 6) is -0.640. The van der Waals surface area contributed by atoms with E-state index in [0.717, 1.165) is 55.7 Å². The van der Waals surface area contributed by atoms with Crippen LogP contribution in [0.25, 0.3) is 16.7 Å². The minimum absolute atomic E-state index is 0.200. The number of allylic oxidation sites excluding steroid dienone is 3. The fourth-order valence-electron chi connectivity index (χ4n) is 4.59. The van der Waals surface area contributed by atoms with Gasteiger partial charge in [0, 0.05) is 19.1 Å². The van der Waals surface area contributed by atoms with E-state index >= 15 is 0 Å². The first-order chi connectivity index (χ1) is 15.9. The maximum atomic E-state index is 13.4. The number of H-pyrrole nitrogens is 1. The standard InChI is InChI=1S/C27H32FN3O2/c1-4-21(22-7-10-25-26(16-22)33-27(32)29-25)15-19(2)17-31(24-11-13-30(3)14-12-24)18-20-5-8-23(28)9-6-20/h4-10,15-16,24H,11-14,17-18H2,1-3H3,(H,29,32)/b19-15+,21-4+. The second-order valence-corrected chi connectivity index (χ2v) is 9.03. The molecule has 1 aromatic heterocycles. The van der Waals surface area contributed by atoms with E-state index in [9.17, 15) is 9.18 Å². The van der Waals surface area contributed by atoms with Crippen molar-refractivity contribution in [1.82, 2.24) is 14.8 Å². The van der Waals surface area contributed by atoms with Gasteiger partial charge in [-0.3, -0.25) is 9.88 Å². The van der Waals surface area contributed by atoms with Crippen LogP contribution in [0.15, 0.2) is 69.4 Å². The molecule has 3 aromatic rings. The summed E-state index contributed by atoms with van der Waals surface area (Å²) in [7, 11) is 2.17. The van der Waals surface area contributed by atoms with Crippen LogP contribution in [0.1, 0.15) is 37.8 Å². The Hall–Kier alpha value is -2.96. The number of likely N-dealkylation sites (tertiary alicyclic amines) is 1. The van der Waals surface area contributed by atoms with Crippen LogP contribution in [0.5, 0.6) is 0 Å².